The van der Waals surface area contributed by atoms with Crippen LogP contribution in [0.15, 0.2) is 65.0 Å². The molecule has 0 spiro atoms. The van der Waals surface area contributed by atoms with Gasteiger partial charge in [-0.05, 0) is 62.2 Å². The van der Waals surface area contributed by atoms with Crippen molar-refractivity contribution in [3.8, 4) is 0 Å². The van der Waals surface area contributed by atoms with Crippen molar-refractivity contribution in [2.24, 2.45) is 11.5 Å². The number of carbonyl (C=O) groups excluding carboxylic acids is 1. The Bertz CT molecular complexity index is 1030. The lowest BCUT2D eigenvalue weighted by Crippen LogP contribution is -2.44. The molecule has 1 fully saturated rings. The second-order valence-corrected chi connectivity index (χ2v) is 7.52. The highest BCUT2D eigenvalue weighted by molar-refractivity contribution is 6.07. The van der Waals surface area contributed by atoms with E-state index in [4.69, 9.17) is 11.5 Å². The van der Waals surface area contributed by atoms with E-state index in [-0.39, 0.29) is 11.4 Å². The molecular weight excluding hydrogens is 394 g/mol. The van der Waals surface area contributed by atoms with Crippen LogP contribution in [0.25, 0.3) is 0 Å². The predicted molar refractivity (Wildman–Crippen MR) is 125 cm³/mol. The number of pyridine rings is 1. The number of benzene rings is 1. The fraction of sp³-hybridized carbons (Fsp3) is 0.273. The van der Waals surface area contributed by atoms with Crippen molar-refractivity contribution in [1.29, 1.82) is 0 Å². The van der Waals surface area contributed by atoms with Crippen LogP contribution in [0.2, 0.25) is 0 Å². The van der Waals surface area contributed by atoms with Gasteiger partial charge in [0.15, 0.2) is 0 Å². The number of carbonyl (C=O) groups is 1. The highest BCUT2D eigenvalue weighted by atomic mass is 16.2. The summed E-state index contributed by atoms with van der Waals surface area (Å²) in [5.74, 6) is -0.272. The summed E-state index contributed by atoms with van der Waals surface area (Å²) in [6.45, 7) is 5.74. The van der Waals surface area contributed by atoms with Crippen molar-refractivity contribution in [1.82, 2.24) is 9.88 Å². The van der Waals surface area contributed by atoms with Gasteiger partial charge in [0.1, 0.15) is 11.4 Å². The minimum Gasteiger partial charge on any atom is -0.404 e. The molecule has 1 aliphatic heterocycles. The molecule has 31 heavy (non-hydrogen) atoms. The van der Waals surface area contributed by atoms with Gasteiger partial charge in [-0.15, -0.1) is 0 Å². The first-order valence-electron chi connectivity index (χ1n) is 10.1. The summed E-state index contributed by atoms with van der Waals surface area (Å²) in [6.07, 6.45) is 4.47. The van der Waals surface area contributed by atoms with Gasteiger partial charge in [-0.1, -0.05) is 0 Å². The normalized spacial score (nSPS) is 15.6. The van der Waals surface area contributed by atoms with Crippen molar-refractivity contribution in [2.45, 2.75) is 6.92 Å². The third-order valence-electron chi connectivity index (χ3n) is 5.11. The summed E-state index contributed by atoms with van der Waals surface area (Å²) in [7, 11) is 2.11. The molecule has 0 atom stereocenters. The number of piperazine rings is 1. The number of anilines is 3. The van der Waals surface area contributed by atoms with E-state index in [0.717, 1.165) is 37.4 Å². The summed E-state index contributed by atoms with van der Waals surface area (Å²) >= 11 is 0. The van der Waals surface area contributed by atoms with Gasteiger partial charge >= 0.3 is 0 Å². The molecule has 0 aliphatic carbocycles. The molecule has 9 nitrogen and oxygen atoms in total. The average Bonchev–Trinajstić information content (AvgIpc) is 2.74. The molecule has 0 unspecified atom stereocenters. The number of hydrogen-bond acceptors (Lipinski definition) is 7. The number of nitrogens with zero attached hydrogens (tertiary/aromatic N) is 2. The van der Waals surface area contributed by atoms with Crippen molar-refractivity contribution in [3.63, 3.8) is 0 Å². The second kappa shape index (κ2) is 9.86. The topological polar surface area (TPSA) is 133 Å². The van der Waals surface area contributed by atoms with Gasteiger partial charge in [0.25, 0.3) is 11.5 Å². The van der Waals surface area contributed by atoms with Gasteiger partial charge in [-0.3, -0.25) is 9.59 Å². The van der Waals surface area contributed by atoms with Gasteiger partial charge in [-0.25, -0.2) is 0 Å². The van der Waals surface area contributed by atoms with E-state index < -0.39 is 11.5 Å². The fourth-order valence-corrected chi connectivity index (χ4v) is 3.31. The molecule has 1 aromatic heterocycles. The van der Waals surface area contributed by atoms with Gasteiger partial charge in [0.2, 0.25) is 0 Å². The number of hydrogen-bond donors (Lipinski definition) is 5. The molecule has 1 saturated heterocycles. The average molecular weight is 424 g/mol. The maximum absolute atomic E-state index is 12.9. The van der Waals surface area contributed by atoms with Crippen LogP contribution in [0.5, 0.6) is 0 Å². The largest absolute Gasteiger partial charge is 0.404 e. The molecule has 1 amide bonds. The van der Waals surface area contributed by atoms with Crippen molar-refractivity contribution < 1.29 is 4.79 Å². The lowest BCUT2D eigenvalue weighted by Gasteiger charge is -2.34. The number of rotatable bonds is 6. The Morgan fingerprint density at radius 2 is 1.77 bits per heavy atom. The minimum atomic E-state index is -0.532. The molecule has 0 saturated carbocycles. The van der Waals surface area contributed by atoms with Crippen LogP contribution in [0, 0.1) is 0 Å². The standard InChI is InChI=1S/C22H29N7O2/c1-15(14-23)13-19(24)27-18-7-8-25-21(30)20(18)22(31)26-16-3-5-17(6-4-16)29-11-9-28(2)10-12-29/h3-8,13-14H,9-12,23-24H2,1-2H3,(H,26,31)(H2,25,27,30)/b15-14-,19-13+. The van der Waals surface area contributed by atoms with Crippen molar-refractivity contribution in [3.05, 3.63) is 76.1 Å². The summed E-state index contributed by atoms with van der Waals surface area (Å²) in [4.78, 5) is 32.4. The molecule has 9 heteroatoms. The van der Waals surface area contributed by atoms with Crippen LogP contribution >= 0.6 is 0 Å². The first-order valence-corrected chi connectivity index (χ1v) is 10.1. The number of aromatic nitrogens is 1. The van der Waals surface area contributed by atoms with Crippen LogP contribution in [-0.4, -0.2) is 49.0 Å². The van der Waals surface area contributed by atoms with E-state index in [9.17, 15) is 9.59 Å². The molecule has 2 heterocycles. The zero-order valence-electron chi connectivity index (χ0n) is 17.8. The van der Waals surface area contributed by atoms with E-state index in [1.807, 2.05) is 24.3 Å². The molecule has 3 rings (SSSR count). The maximum Gasteiger partial charge on any atom is 0.263 e. The predicted octanol–water partition coefficient (Wildman–Crippen LogP) is 1.45. The van der Waals surface area contributed by atoms with Crippen LogP contribution in [0.4, 0.5) is 17.1 Å². The molecular formula is C22H29N7O2. The van der Waals surface area contributed by atoms with Gasteiger partial charge in [0, 0.05) is 43.8 Å². The van der Waals surface area contributed by atoms with E-state index in [2.05, 4.69) is 32.5 Å². The quantitative estimate of drug-likeness (QED) is 0.444. The summed E-state index contributed by atoms with van der Waals surface area (Å²) in [5.41, 5.74) is 13.6. The Balaban J connectivity index is 1.74. The molecule has 2 aromatic rings. The molecule has 7 N–H and O–H groups in total. The molecule has 0 radical (unpaired) electrons. The first kappa shape index (κ1) is 22.0. The first-order chi connectivity index (χ1) is 14.9. The number of amides is 1. The maximum atomic E-state index is 12.9. The zero-order valence-corrected chi connectivity index (χ0v) is 17.8. The zero-order chi connectivity index (χ0) is 22.4. The van der Waals surface area contributed by atoms with Crippen LogP contribution < -0.4 is 32.6 Å². The van der Waals surface area contributed by atoms with E-state index in [0.29, 0.717) is 11.4 Å². The number of aromatic amines is 1. The van der Waals surface area contributed by atoms with E-state index in [1.165, 1.54) is 12.4 Å². The van der Waals surface area contributed by atoms with Crippen molar-refractivity contribution in [2.75, 3.05) is 48.8 Å². The van der Waals surface area contributed by atoms with Crippen LogP contribution in [0.1, 0.15) is 17.3 Å². The van der Waals surface area contributed by atoms with Gasteiger partial charge in [-0.2, -0.15) is 0 Å². The molecule has 1 aromatic carbocycles. The fourth-order valence-electron chi connectivity index (χ4n) is 3.31. The smallest absolute Gasteiger partial charge is 0.263 e. The highest BCUT2D eigenvalue weighted by Crippen LogP contribution is 2.20. The molecule has 1 aliphatic rings. The molecule has 164 valence electrons. The SMILES string of the molecule is CC(=C/N)/C=C(\N)Nc1cc[nH]c(=O)c1C(=O)Nc1ccc(N2CCN(C)CC2)cc1. The van der Waals surface area contributed by atoms with Gasteiger partial charge in [0.05, 0.1) is 5.69 Å². The summed E-state index contributed by atoms with van der Waals surface area (Å²) < 4.78 is 0. The third-order valence-corrected chi connectivity index (χ3v) is 5.11. The Hall–Kier alpha value is -3.72. The third kappa shape index (κ3) is 5.67. The van der Waals surface area contributed by atoms with E-state index in [1.54, 1.807) is 19.1 Å². The Morgan fingerprint density at radius 3 is 2.42 bits per heavy atom. The Labute approximate surface area is 181 Å². The monoisotopic (exact) mass is 423 g/mol. The Morgan fingerprint density at radius 1 is 1.10 bits per heavy atom. The highest BCUT2D eigenvalue weighted by Gasteiger charge is 2.18. The van der Waals surface area contributed by atoms with Crippen LogP contribution in [0.3, 0.4) is 0 Å². The summed E-state index contributed by atoms with van der Waals surface area (Å²) in [5, 5.41) is 5.67. The number of allylic oxidation sites excluding steroid dienone is 2. The number of H-pyrrole nitrogens is 1. The lowest BCUT2D eigenvalue weighted by molar-refractivity contribution is 0.102. The van der Waals surface area contributed by atoms with E-state index >= 15 is 0 Å². The minimum absolute atomic E-state index is 0.0589. The second-order valence-electron chi connectivity index (χ2n) is 7.52. The number of nitrogens with one attached hydrogen (secondary N) is 3. The van der Waals surface area contributed by atoms with Gasteiger partial charge < -0.3 is 36.9 Å². The lowest BCUT2D eigenvalue weighted by atomic mass is 10.2. The number of nitrogens with two attached hydrogens (primary N) is 2. The van der Waals surface area contributed by atoms with Crippen LogP contribution in [-0.2, 0) is 0 Å². The van der Waals surface area contributed by atoms with Crippen molar-refractivity contribution >= 4 is 23.0 Å². The molecule has 0 bridgehead atoms. The summed E-state index contributed by atoms with van der Waals surface area (Å²) in [6, 6.07) is 9.18. The Kier molecular flexibility index (Phi) is 6.99. The number of likely N-dealkylation sites (N-methyl/N-ethyl adjacent to an activating group) is 1.